The van der Waals surface area contributed by atoms with E-state index in [4.69, 9.17) is 4.74 Å². The number of ketones is 1. The van der Waals surface area contributed by atoms with E-state index in [0.29, 0.717) is 6.42 Å². The summed E-state index contributed by atoms with van der Waals surface area (Å²) < 4.78 is 6.34. The summed E-state index contributed by atoms with van der Waals surface area (Å²) in [5.41, 5.74) is 1.99. The van der Waals surface area contributed by atoms with Crippen molar-refractivity contribution in [2.45, 2.75) is 26.7 Å². The van der Waals surface area contributed by atoms with E-state index in [0.717, 1.165) is 27.1 Å². The second kappa shape index (κ2) is 5.53. The van der Waals surface area contributed by atoms with Crippen LogP contribution in [-0.4, -0.2) is 12.9 Å². The SMILES string of the molecule is COc1ccc(I)c(NC2=CC(=O)CC(C)(C)C2)c1. The molecule has 0 amide bonds. The smallest absolute Gasteiger partial charge is 0.157 e. The van der Waals surface area contributed by atoms with Gasteiger partial charge in [0.1, 0.15) is 5.75 Å². The molecule has 0 spiro atoms. The van der Waals surface area contributed by atoms with E-state index in [1.807, 2.05) is 18.2 Å². The van der Waals surface area contributed by atoms with Gasteiger partial charge in [0.2, 0.25) is 0 Å². The van der Waals surface area contributed by atoms with Gasteiger partial charge in [-0.1, -0.05) is 13.8 Å². The molecule has 1 N–H and O–H groups in total. The van der Waals surface area contributed by atoms with Crippen molar-refractivity contribution >= 4 is 34.1 Å². The molecule has 0 radical (unpaired) electrons. The molecule has 0 fully saturated rings. The number of carbonyl (C=O) groups is 1. The Labute approximate surface area is 127 Å². The number of benzene rings is 1. The topological polar surface area (TPSA) is 38.3 Å². The van der Waals surface area contributed by atoms with Crippen LogP contribution >= 0.6 is 22.6 Å². The highest BCUT2D eigenvalue weighted by molar-refractivity contribution is 14.1. The molecule has 1 aromatic rings. The largest absolute Gasteiger partial charge is 0.497 e. The van der Waals surface area contributed by atoms with E-state index in [9.17, 15) is 4.79 Å². The van der Waals surface area contributed by atoms with E-state index < -0.39 is 0 Å². The van der Waals surface area contributed by atoms with Crippen LogP contribution in [0.1, 0.15) is 26.7 Å². The van der Waals surface area contributed by atoms with Crippen molar-refractivity contribution in [1.82, 2.24) is 0 Å². The van der Waals surface area contributed by atoms with Gasteiger partial charge in [0.15, 0.2) is 5.78 Å². The standard InChI is InChI=1S/C15H18INO2/c1-15(2)8-10(6-11(18)9-15)17-14-7-12(19-3)4-5-13(14)16/h4-7,17H,8-9H2,1-3H3. The third kappa shape index (κ3) is 3.72. The molecule has 0 heterocycles. The van der Waals surface area contributed by atoms with Gasteiger partial charge < -0.3 is 10.1 Å². The average molecular weight is 371 g/mol. The van der Waals surface area contributed by atoms with Crippen LogP contribution in [0.3, 0.4) is 0 Å². The predicted octanol–water partition coefficient (Wildman–Crippen LogP) is 3.98. The minimum atomic E-state index is 0.0263. The summed E-state index contributed by atoms with van der Waals surface area (Å²) in [4.78, 5) is 11.7. The highest BCUT2D eigenvalue weighted by Crippen LogP contribution is 2.35. The molecular formula is C15H18INO2. The van der Waals surface area contributed by atoms with Crippen molar-refractivity contribution in [3.05, 3.63) is 33.5 Å². The summed E-state index contributed by atoms with van der Waals surface area (Å²) in [6.07, 6.45) is 3.22. The lowest BCUT2D eigenvalue weighted by Crippen LogP contribution is -2.24. The molecule has 2 rings (SSSR count). The Kier molecular flexibility index (Phi) is 4.18. The summed E-state index contributed by atoms with van der Waals surface area (Å²) in [5, 5.41) is 3.36. The maximum Gasteiger partial charge on any atom is 0.157 e. The number of nitrogens with one attached hydrogen (secondary N) is 1. The van der Waals surface area contributed by atoms with E-state index in [1.165, 1.54) is 0 Å². The van der Waals surface area contributed by atoms with Crippen LogP contribution in [0.5, 0.6) is 5.75 Å². The average Bonchev–Trinajstić information content (AvgIpc) is 2.29. The van der Waals surface area contributed by atoms with Crippen LogP contribution in [0.25, 0.3) is 0 Å². The Morgan fingerprint density at radius 3 is 2.68 bits per heavy atom. The number of hydrogen-bond donors (Lipinski definition) is 1. The molecule has 0 unspecified atom stereocenters. The van der Waals surface area contributed by atoms with Crippen LogP contribution in [0.4, 0.5) is 5.69 Å². The predicted molar refractivity (Wildman–Crippen MR) is 85.4 cm³/mol. The number of rotatable bonds is 3. The second-order valence-corrected chi connectivity index (χ2v) is 6.79. The fourth-order valence-electron chi connectivity index (χ4n) is 2.33. The van der Waals surface area contributed by atoms with Gasteiger partial charge in [0.25, 0.3) is 0 Å². The number of hydrogen-bond acceptors (Lipinski definition) is 3. The first kappa shape index (κ1) is 14.4. The highest BCUT2D eigenvalue weighted by atomic mass is 127. The Bertz CT molecular complexity index is 535. The summed E-state index contributed by atoms with van der Waals surface area (Å²) in [6, 6.07) is 5.88. The molecule has 0 saturated heterocycles. The first-order valence-corrected chi connectivity index (χ1v) is 7.31. The van der Waals surface area contributed by atoms with Gasteiger partial charge in [-0.3, -0.25) is 4.79 Å². The van der Waals surface area contributed by atoms with Crippen molar-refractivity contribution in [1.29, 1.82) is 0 Å². The molecule has 0 aromatic heterocycles. The minimum absolute atomic E-state index is 0.0263. The van der Waals surface area contributed by atoms with E-state index in [1.54, 1.807) is 13.2 Å². The first-order valence-electron chi connectivity index (χ1n) is 6.24. The van der Waals surface area contributed by atoms with Gasteiger partial charge in [-0.05, 0) is 46.6 Å². The van der Waals surface area contributed by atoms with Crippen LogP contribution in [0.15, 0.2) is 30.0 Å². The van der Waals surface area contributed by atoms with Crippen LogP contribution < -0.4 is 10.1 Å². The second-order valence-electron chi connectivity index (χ2n) is 5.62. The lowest BCUT2D eigenvalue weighted by molar-refractivity contribution is -0.117. The van der Waals surface area contributed by atoms with E-state index in [2.05, 4.69) is 41.8 Å². The number of allylic oxidation sites excluding steroid dienone is 2. The third-order valence-corrected chi connectivity index (χ3v) is 4.07. The molecule has 1 aliphatic rings. The lowest BCUT2D eigenvalue weighted by Gasteiger charge is -2.29. The van der Waals surface area contributed by atoms with Gasteiger partial charge in [0.05, 0.1) is 12.8 Å². The molecule has 19 heavy (non-hydrogen) atoms. The van der Waals surface area contributed by atoms with Crippen molar-refractivity contribution < 1.29 is 9.53 Å². The monoisotopic (exact) mass is 371 g/mol. The zero-order valence-electron chi connectivity index (χ0n) is 11.4. The summed E-state index contributed by atoms with van der Waals surface area (Å²) in [7, 11) is 1.65. The number of halogens is 1. The fraction of sp³-hybridized carbons (Fsp3) is 0.400. The zero-order valence-corrected chi connectivity index (χ0v) is 13.6. The normalized spacial score (nSPS) is 17.9. The van der Waals surface area contributed by atoms with Crippen molar-refractivity contribution in [2.24, 2.45) is 5.41 Å². The third-order valence-electron chi connectivity index (χ3n) is 3.13. The van der Waals surface area contributed by atoms with Gasteiger partial charge in [-0.25, -0.2) is 0 Å². The van der Waals surface area contributed by atoms with Crippen molar-refractivity contribution in [2.75, 3.05) is 12.4 Å². The summed E-state index contributed by atoms with van der Waals surface area (Å²) in [5.74, 6) is 1.00. The Morgan fingerprint density at radius 2 is 2.05 bits per heavy atom. The van der Waals surface area contributed by atoms with Crippen LogP contribution in [0, 0.1) is 8.99 Å². The van der Waals surface area contributed by atoms with Crippen molar-refractivity contribution in [3.63, 3.8) is 0 Å². The van der Waals surface area contributed by atoms with Crippen molar-refractivity contribution in [3.8, 4) is 5.75 Å². The number of methoxy groups -OCH3 is 1. The van der Waals surface area contributed by atoms with E-state index >= 15 is 0 Å². The maximum atomic E-state index is 11.7. The number of anilines is 1. The molecule has 0 bridgehead atoms. The molecule has 0 aliphatic heterocycles. The number of carbonyl (C=O) groups excluding carboxylic acids is 1. The summed E-state index contributed by atoms with van der Waals surface area (Å²) >= 11 is 2.27. The molecule has 4 heteroatoms. The maximum absolute atomic E-state index is 11.7. The Balaban J connectivity index is 2.24. The molecule has 3 nitrogen and oxygen atoms in total. The van der Waals surface area contributed by atoms with Gasteiger partial charge in [-0.2, -0.15) is 0 Å². The quantitative estimate of drug-likeness (QED) is 0.817. The molecule has 1 aliphatic carbocycles. The van der Waals surface area contributed by atoms with Crippen LogP contribution in [0.2, 0.25) is 0 Å². The zero-order chi connectivity index (χ0) is 14.0. The Morgan fingerprint density at radius 1 is 1.32 bits per heavy atom. The molecule has 1 aromatic carbocycles. The van der Waals surface area contributed by atoms with E-state index in [-0.39, 0.29) is 11.2 Å². The van der Waals surface area contributed by atoms with Gasteiger partial charge >= 0.3 is 0 Å². The van der Waals surface area contributed by atoms with Gasteiger partial charge in [-0.15, -0.1) is 0 Å². The summed E-state index contributed by atoms with van der Waals surface area (Å²) in [6.45, 7) is 4.24. The molecular weight excluding hydrogens is 353 g/mol. The minimum Gasteiger partial charge on any atom is -0.497 e. The molecule has 0 saturated carbocycles. The fourth-order valence-corrected chi connectivity index (χ4v) is 2.80. The highest BCUT2D eigenvalue weighted by Gasteiger charge is 2.27. The Hall–Kier alpha value is -1.04. The van der Waals surface area contributed by atoms with Gasteiger partial charge in [0, 0.05) is 27.8 Å². The molecule has 0 atom stereocenters. The number of ether oxygens (including phenoxy) is 1. The van der Waals surface area contributed by atoms with Crippen LogP contribution in [-0.2, 0) is 4.79 Å². The first-order chi connectivity index (χ1) is 8.89. The molecule has 102 valence electrons. The lowest BCUT2D eigenvalue weighted by atomic mass is 9.79.